The molecule has 6 heteroatoms. The van der Waals surface area contributed by atoms with E-state index in [1.54, 1.807) is 17.9 Å². The number of halogens is 2. The molecule has 0 bridgehead atoms. The Bertz CT molecular complexity index is 749. The maximum atomic E-state index is 13.6. The summed E-state index contributed by atoms with van der Waals surface area (Å²) in [6, 6.07) is 9.18. The van der Waals surface area contributed by atoms with Crippen LogP contribution >= 0.6 is 0 Å². The molecule has 1 fully saturated rings. The Morgan fingerprint density at radius 3 is 2.88 bits per heavy atom. The van der Waals surface area contributed by atoms with Crippen LogP contribution in [0.25, 0.3) is 10.9 Å². The van der Waals surface area contributed by atoms with Crippen LogP contribution in [0.5, 0.6) is 0 Å². The molecule has 0 radical (unpaired) electrons. The first kappa shape index (κ1) is 16.6. The number of rotatable bonds is 3. The molecule has 0 atom stereocenters. The predicted molar refractivity (Wildman–Crippen MR) is 88.7 cm³/mol. The first-order chi connectivity index (χ1) is 11.5. The Labute approximate surface area is 139 Å². The number of ether oxygens (including phenoxy) is 1. The molecule has 128 valence electrons. The molecule has 0 amide bonds. The number of alkyl halides is 2. The average Bonchev–Trinajstić information content (AvgIpc) is 2.74. The van der Waals surface area contributed by atoms with Crippen LogP contribution in [0.2, 0.25) is 0 Å². The molecular weight excluding hydrogens is 314 g/mol. The van der Waals surface area contributed by atoms with Crippen LogP contribution in [0.4, 0.5) is 14.6 Å². The summed E-state index contributed by atoms with van der Waals surface area (Å²) in [6.45, 7) is 2.61. The van der Waals surface area contributed by atoms with Crippen molar-refractivity contribution < 1.29 is 18.3 Å². The van der Waals surface area contributed by atoms with E-state index in [-0.39, 0.29) is 26.0 Å². The highest BCUT2D eigenvalue weighted by atomic mass is 19.3. The highest BCUT2D eigenvalue weighted by Gasteiger charge is 2.33. The van der Waals surface area contributed by atoms with Gasteiger partial charge in [0.25, 0.3) is 0 Å². The minimum absolute atomic E-state index is 0.133. The van der Waals surface area contributed by atoms with Crippen molar-refractivity contribution in [1.82, 2.24) is 4.98 Å². The van der Waals surface area contributed by atoms with Crippen LogP contribution in [0.15, 0.2) is 30.3 Å². The Morgan fingerprint density at radius 2 is 2.08 bits per heavy atom. The summed E-state index contributed by atoms with van der Waals surface area (Å²) in [4.78, 5) is 18.7. The standard InChI is InChI=1S/C18H20F2N2O2/c1-2-24-17(23)14-12-13-6-3-4-7-15(13)21-16(14)22-10-5-8-18(19,20)9-11-22/h3-4,6-7,12H,2,5,8-11H2,1H3. The number of hydrogen-bond donors (Lipinski definition) is 0. The van der Waals surface area contributed by atoms with Gasteiger partial charge in [-0.05, 0) is 25.5 Å². The summed E-state index contributed by atoms with van der Waals surface area (Å²) in [5, 5.41) is 0.824. The maximum absolute atomic E-state index is 13.6. The number of benzene rings is 1. The molecule has 3 rings (SSSR count). The first-order valence-corrected chi connectivity index (χ1v) is 8.20. The Balaban J connectivity index is 2.03. The molecule has 0 N–H and O–H groups in total. The number of fused-ring (bicyclic) bond motifs is 1. The lowest BCUT2D eigenvalue weighted by Crippen LogP contribution is -2.28. The lowest BCUT2D eigenvalue weighted by Gasteiger charge is -2.24. The molecule has 1 aliphatic heterocycles. The smallest absolute Gasteiger partial charge is 0.341 e. The number of carbonyl (C=O) groups is 1. The monoisotopic (exact) mass is 334 g/mol. The van der Waals surface area contributed by atoms with Crippen LogP contribution in [0.1, 0.15) is 36.5 Å². The quantitative estimate of drug-likeness (QED) is 0.795. The van der Waals surface area contributed by atoms with Crippen molar-refractivity contribution in [2.24, 2.45) is 0 Å². The minimum Gasteiger partial charge on any atom is -0.462 e. The summed E-state index contributed by atoms with van der Waals surface area (Å²) < 4.78 is 32.4. The van der Waals surface area contributed by atoms with Gasteiger partial charge in [-0.15, -0.1) is 0 Å². The van der Waals surface area contributed by atoms with Gasteiger partial charge >= 0.3 is 5.97 Å². The molecule has 2 heterocycles. The van der Waals surface area contributed by atoms with Crippen LogP contribution in [-0.2, 0) is 4.74 Å². The van der Waals surface area contributed by atoms with Gasteiger partial charge in [0, 0.05) is 31.3 Å². The molecule has 0 spiro atoms. The van der Waals surface area contributed by atoms with E-state index in [1.807, 2.05) is 24.3 Å². The van der Waals surface area contributed by atoms with Gasteiger partial charge in [-0.3, -0.25) is 0 Å². The molecule has 1 aromatic carbocycles. The van der Waals surface area contributed by atoms with E-state index in [9.17, 15) is 13.6 Å². The first-order valence-electron chi connectivity index (χ1n) is 8.20. The van der Waals surface area contributed by atoms with Gasteiger partial charge in [-0.2, -0.15) is 0 Å². The number of hydrogen-bond acceptors (Lipinski definition) is 4. The fourth-order valence-corrected chi connectivity index (χ4v) is 2.98. The van der Waals surface area contributed by atoms with Crippen LogP contribution < -0.4 is 4.90 Å². The van der Waals surface area contributed by atoms with Crippen LogP contribution in [0.3, 0.4) is 0 Å². The fraction of sp³-hybridized carbons (Fsp3) is 0.444. The van der Waals surface area contributed by atoms with Crippen molar-refractivity contribution in [1.29, 1.82) is 0 Å². The molecule has 4 nitrogen and oxygen atoms in total. The van der Waals surface area contributed by atoms with Crippen LogP contribution in [-0.4, -0.2) is 36.6 Å². The van der Waals surface area contributed by atoms with Gasteiger partial charge in [0.05, 0.1) is 12.1 Å². The maximum Gasteiger partial charge on any atom is 0.341 e. The molecular formula is C18H20F2N2O2. The van der Waals surface area contributed by atoms with Crippen molar-refractivity contribution >= 4 is 22.7 Å². The van der Waals surface area contributed by atoms with E-state index in [2.05, 4.69) is 4.98 Å². The highest BCUT2D eigenvalue weighted by Crippen LogP contribution is 2.31. The second kappa shape index (κ2) is 6.71. The van der Waals surface area contributed by atoms with E-state index in [0.29, 0.717) is 24.3 Å². The van der Waals surface area contributed by atoms with Gasteiger partial charge in [0.2, 0.25) is 5.92 Å². The zero-order valence-corrected chi connectivity index (χ0v) is 13.6. The zero-order valence-electron chi connectivity index (χ0n) is 13.6. The summed E-state index contributed by atoms with van der Waals surface area (Å²) in [5.41, 5.74) is 1.07. The van der Waals surface area contributed by atoms with E-state index < -0.39 is 11.9 Å². The summed E-state index contributed by atoms with van der Waals surface area (Å²) in [7, 11) is 0. The number of carbonyl (C=O) groups excluding carboxylic acids is 1. The molecule has 0 saturated carbocycles. The Morgan fingerprint density at radius 1 is 1.29 bits per heavy atom. The fourth-order valence-electron chi connectivity index (χ4n) is 2.98. The van der Waals surface area contributed by atoms with E-state index in [0.717, 1.165) is 10.9 Å². The largest absolute Gasteiger partial charge is 0.462 e. The van der Waals surface area contributed by atoms with Crippen LogP contribution in [0, 0.1) is 0 Å². The normalized spacial score (nSPS) is 17.5. The molecule has 0 aliphatic carbocycles. The average molecular weight is 334 g/mol. The molecule has 1 aromatic heterocycles. The third kappa shape index (κ3) is 3.47. The minimum atomic E-state index is -2.66. The number of esters is 1. The number of para-hydroxylation sites is 1. The van der Waals surface area contributed by atoms with Crippen molar-refractivity contribution in [3.8, 4) is 0 Å². The number of pyridine rings is 1. The number of aromatic nitrogens is 1. The number of anilines is 1. The second-order valence-corrected chi connectivity index (χ2v) is 5.97. The summed E-state index contributed by atoms with van der Waals surface area (Å²) in [6.07, 6.45) is -0.000629. The molecule has 0 unspecified atom stereocenters. The lowest BCUT2D eigenvalue weighted by atomic mass is 10.1. The SMILES string of the molecule is CCOC(=O)c1cc2ccccc2nc1N1CCCC(F)(F)CC1. The van der Waals surface area contributed by atoms with E-state index in [4.69, 9.17) is 4.74 Å². The highest BCUT2D eigenvalue weighted by molar-refractivity contribution is 5.99. The zero-order chi connectivity index (χ0) is 17.2. The predicted octanol–water partition coefficient (Wildman–Crippen LogP) is 4.04. The molecule has 1 saturated heterocycles. The van der Waals surface area contributed by atoms with Gasteiger partial charge in [0.15, 0.2) is 0 Å². The van der Waals surface area contributed by atoms with Gasteiger partial charge < -0.3 is 9.64 Å². The Kier molecular flexibility index (Phi) is 4.64. The third-order valence-electron chi connectivity index (χ3n) is 4.22. The summed E-state index contributed by atoms with van der Waals surface area (Å²) >= 11 is 0. The van der Waals surface area contributed by atoms with Crippen molar-refractivity contribution in [3.05, 3.63) is 35.9 Å². The molecule has 2 aromatic rings. The number of nitrogens with zero attached hydrogens (tertiary/aromatic N) is 2. The molecule has 1 aliphatic rings. The van der Waals surface area contributed by atoms with Crippen molar-refractivity contribution in [2.75, 3.05) is 24.6 Å². The third-order valence-corrected chi connectivity index (χ3v) is 4.22. The topological polar surface area (TPSA) is 42.4 Å². The molecule has 24 heavy (non-hydrogen) atoms. The van der Waals surface area contributed by atoms with Gasteiger partial charge in [0.1, 0.15) is 11.4 Å². The van der Waals surface area contributed by atoms with Crippen molar-refractivity contribution in [3.63, 3.8) is 0 Å². The van der Waals surface area contributed by atoms with Crippen molar-refractivity contribution in [2.45, 2.75) is 32.1 Å². The lowest BCUT2D eigenvalue weighted by molar-refractivity contribution is -0.0102. The Hall–Kier alpha value is -2.24. The van der Waals surface area contributed by atoms with Gasteiger partial charge in [-0.1, -0.05) is 18.2 Å². The van der Waals surface area contributed by atoms with E-state index in [1.165, 1.54) is 0 Å². The second-order valence-electron chi connectivity index (χ2n) is 5.97. The summed E-state index contributed by atoms with van der Waals surface area (Å²) in [5.74, 6) is -2.69. The van der Waals surface area contributed by atoms with Gasteiger partial charge in [-0.25, -0.2) is 18.6 Å². The van der Waals surface area contributed by atoms with E-state index >= 15 is 0 Å².